The Balaban J connectivity index is 1.55. The number of carbonyl (C=O) groups excluding carboxylic acids is 2. The summed E-state index contributed by atoms with van der Waals surface area (Å²) in [6, 6.07) is 9.15. The van der Waals surface area contributed by atoms with E-state index in [0.717, 1.165) is 36.5 Å². The van der Waals surface area contributed by atoms with Gasteiger partial charge in [-0.05, 0) is 70.1 Å². The van der Waals surface area contributed by atoms with Crippen LogP contribution in [0, 0.1) is 5.92 Å². The van der Waals surface area contributed by atoms with Crippen molar-refractivity contribution in [2.75, 3.05) is 23.7 Å². The lowest BCUT2D eigenvalue weighted by atomic mass is 9.94. The van der Waals surface area contributed by atoms with Crippen LogP contribution in [0.15, 0.2) is 48.1 Å². The zero-order valence-corrected chi connectivity index (χ0v) is 20.1. The molecule has 1 fully saturated rings. The van der Waals surface area contributed by atoms with Crippen LogP contribution in [0.25, 0.3) is 10.6 Å². The summed E-state index contributed by atoms with van der Waals surface area (Å²) < 4.78 is 0. The standard InChI is InChI=1S/C24H26ClN5O2S/c1-15(2)30-10-7-16(8-11-30)22(31)28-20-5-3-17(24-26-9-12-33-24)13-19(20)23(32)29-21-6-4-18(25)14-27-21/h3-6,9,12-16H,7-8,10-11H2,1-2H3,(H,28,31)(H,27,29,32). The molecule has 1 aliphatic heterocycles. The number of benzene rings is 1. The van der Waals surface area contributed by atoms with Crippen LogP contribution in [0.1, 0.15) is 37.0 Å². The molecule has 1 aliphatic rings. The average Bonchev–Trinajstić information content (AvgIpc) is 3.36. The Morgan fingerprint density at radius 1 is 1.12 bits per heavy atom. The summed E-state index contributed by atoms with van der Waals surface area (Å²) in [4.78, 5) is 37.0. The summed E-state index contributed by atoms with van der Waals surface area (Å²) in [5.41, 5.74) is 1.63. The molecule has 0 spiro atoms. The molecule has 0 unspecified atom stereocenters. The summed E-state index contributed by atoms with van der Waals surface area (Å²) in [6.45, 7) is 6.14. The van der Waals surface area contributed by atoms with Gasteiger partial charge in [-0.2, -0.15) is 0 Å². The van der Waals surface area contributed by atoms with E-state index < -0.39 is 0 Å². The Labute approximate surface area is 202 Å². The van der Waals surface area contributed by atoms with E-state index in [-0.39, 0.29) is 17.7 Å². The Kier molecular flexibility index (Phi) is 7.37. The predicted octanol–water partition coefficient (Wildman–Crippen LogP) is 5.17. The highest BCUT2D eigenvalue weighted by Gasteiger charge is 2.27. The Hall–Kier alpha value is -2.81. The fourth-order valence-electron chi connectivity index (χ4n) is 3.89. The summed E-state index contributed by atoms with van der Waals surface area (Å²) >= 11 is 7.38. The molecule has 1 saturated heterocycles. The number of carbonyl (C=O) groups is 2. The Morgan fingerprint density at radius 2 is 1.91 bits per heavy atom. The highest BCUT2D eigenvalue weighted by atomic mass is 35.5. The third-order valence-electron chi connectivity index (χ3n) is 5.80. The van der Waals surface area contributed by atoms with E-state index in [9.17, 15) is 9.59 Å². The number of amides is 2. The predicted molar refractivity (Wildman–Crippen MR) is 133 cm³/mol. The van der Waals surface area contributed by atoms with Crippen LogP contribution in [0.2, 0.25) is 5.02 Å². The Morgan fingerprint density at radius 3 is 2.55 bits per heavy atom. The summed E-state index contributed by atoms with van der Waals surface area (Å²) in [5, 5.41) is 8.94. The van der Waals surface area contributed by atoms with Crippen molar-refractivity contribution in [1.29, 1.82) is 0 Å². The SMILES string of the molecule is CC(C)N1CCC(C(=O)Nc2ccc(-c3nccs3)cc2C(=O)Nc2ccc(Cl)cn2)CC1. The van der Waals surface area contributed by atoms with Crippen molar-refractivity contribution in [3.63, 3.8) is 0 Å². The number of thiazole rings is 1. The van der Waals surface area contributed by atoms with Gasteiger partial charge in [-0.15, -0.1) is 11.3 Å². The lowest BCUT2D eigenvalue weighted by molar-refractivity contribution is -0.121. The van der Waals surface area contributed by atoms with Crippen molar-refractivity contribution in [2.24, 2.45) is 5.92 Å². The van der Waals surface area contributed by atoms with Crippen LogP contribution < -0.4 is 10.6 Å². The van der Waals surface area contributed by atoms with E-state index >= 15 is 0 Å². The number of nitrogens with one attached hydrogen (secondary N) is 2. The van der Waals surface area contributed by atoms with E-state index in [1.165, 1.54) is 17.5 Å². The molecule has 2 aromatic heterocycles. The van der Waals surface area contributed by atoms with E-state index in [2.05, 4.69) is 39.3 Å². The fourth-order valence-corrected chi connectivity index (χ4v) is 4.63. The monoisotopic (exact) mass is 483 g/mol. The van der Waals surface area contributed by atoms with Crippen molar-refractivity contribution >= 4 is 46.3 Å². The lowest BCUT2D eigenvalue weighted by Crippen LogP contribution is -2.41. The van der Waals surface area contributed by atoms with Gasteiger partial charge in [0.15, 0.2) is 0 Å². The van der Waals surface area contributed by atoms with Crippen LogP contribution in [0.5, 0.6) is 0 Å². The average molecular weight is 484 g/mol. The molecule has 9 heteroatoms. The van der Waals surface area contributed by atoms with E-state index in [1.54, 1.807) is 30.5 Å². The van der Waals surface area contributed by atoms with Gasteiger partial charge in [0.25, 0.3) is 5.91 Å². The van der Waals surface area contributed by atoms with Gasteiger partial charge in [0.1, 0.15) is 10.8 Å². The zero-order chi connectivity index (χ0) is 23.4. The maximum Gasteiger partial charge on any atom is 0.258 e. The molecule has 2 N–H and O–H groups in total. The number of pyridine rings is 1. The molecule has 0 aliphatic carbocycles. The molecule has 1 aromatic carbocycles. The first-order valence-electron chi connectivity index (χ1n) is 10.9. The third-order valence-corrected chi connectivity index (χ3v) is 6.85. The second kappa shape index (κ2) is 10.4. The highest BCUT2D eigenvalue weighted by molar-refractivity contribution is 7.13. The largest absolute Gasteiger partial charge is 0.325 e. The van der Waals surface area contributed by atoms with Gasteiger partial charge in [-0.1, -0.05) is 11.6 Å². The van der Waals surface area contributed by atoms with Crippen LogP contribution in [-0.4, -0.2) is 45.8 Å². The van der Waals surface area contributed by atoms with Gasteiger partial charge in [0, 0.05) is 35.3 Å². The first-order chi connectivity index (χ1) is 15.9. The van der Waals surface area contributed by atoms with Crippen molar-refractivity contribution in [3.05, 3.63) is 58.7 Å². The van der Waals surface area contributed by atoms with Crippen molar-refractivity contribution < 1.29 is 9.59 Å². The Bertz CT molecular complexity index is 1110. The molecule has 4 rings (SSSR count). The zero-order valence-electron chi connectivity index (χ0n) is 18.5. The summed E-state index contributed by atoms with van der Waals surface area (Å²) in [5.74, 6) is -0.123. The molecule has 0 atom stereocenters. The second-order valence-electron chi connectivity index (χ2n) is 8.31. The molecule has 3 aromatic rings. The minimum absolute atomic E-state index is 0.0564. The van der Waals surface area contributed by atoms with Gasteiger partial charge in [-0.3, -0.25) is 9.59 Å². The minimum atomic E-state index is -0.367. The maximum atomic E-state index is 13.2. The number of anilines is 2. The molecule has 33 heavy (non-hydrogen) atoms. The van der Waals surface area contributed by atoms with Crippen molar-refractivity contribution in [3.8, 4) is 10.6 Å². The van der Waals surface area contributed by atoms with Crippen LogP contribution >= 0.6 is 22.9 Å². The first kappa shape index (κ1) is 23.4. The van der Waals surface area contributed by atoms with E-state index in [4.69, 9.17) is 11.6 Å². The number of halogens is 1. The number of aromatic nitrogens is 2. The fraction of sp³-hybridized carbons (Fsp3) is 0.333. The van der Waals surface area contributed by atoms with Crippen LogP contribution in [0.3, 0.4) is 0 Å². The molecule has 172 valence electrons. The second-order valence-corrected chi connectivity index (χ2v) is 9.64. The van der Waals surface area contributed by atoms with Crippen molar-refractivity contribution in [2.45, 2.75) is 32.7 Å². The maximum absolute atomic E-state index is 13.2. The number of piperidine rings is 1. The highest BCUT2D eigenvalue weighted by Crippen LogP contribution is 2.29. The number of rotatable bonds is 6. The van der Waals surface area contributed by atoms with Crippen LogP contribution in [0.4, 0.5) is 11.5 Å². The quantitative estimate of drug-likeness (QED) is 0.505. The molecule has 2 amide bonds. The summed E-state index contributed by atoms with van der Waals surface area (Å²) in [6.07, 6.45) is 4.79. The molecular formula is C24H26ClN5O2S. The van der Waals surface area contributed by atoms with Gasteiger partial charge in [0.2, 0.25) is 5.91 Å². The van der Waals surface area contributed by atoms with Gasteiger partial charge < -0.3 is 15.5 Å². The number of hydrogen-bond acceptors (Lipinski definition) is 6. The number of likely N-dealkylation sites (tertiary alicyclic amines) is 1. The topological polar surface area (TPSA) is 87.2 Å². The molecule has 3 heterocycles. The first-order valence-corrected chi connectivity index (χ1v) is 12.2. The van der Waals surface area contributed by atoms with Gasteiger partial charge in [-0.25, -0.2) is 9.97 Å². The molecule has 7 nitrogen and oxygen atoms in total. The van der Waals surface area contributed by atoms with E-state index in [0.29, 0.717) is 28.1 Å². The minimum Gasteiger partial charge on any atom is -0.325 e. The summed E-state index contributed by atoms with van der Waals surface area (Å²) in [7, 11) is 0. The molecular weight excluding hydrogens is 458 g/mol. The molecule has 0 radical (unpaired) electrons. The normalized spacial score (nSPS) is 14.9. The van der Waals surface area contributed by atoms with Gasteiger partial charge in [0.05, 0.1) is 16.3 Å². The molecule has 0 bridgehead atoms. The van der Waals surface area contributed by atoms with Gasteiger partial charge >= 0.3 is 0 Å². The van der Waals surface area contributed by atoms with Crippen molar-refractivity contribution in [1.82, 2.24) is 14.9 Å². The van der Waals surface area contributed by atoms with Crippen LogP contribution in [-0.2, 0) is 4.79 Å². The number of nitrogens with zero attached hydrogens (tertiary/aromatic N) is 3. The lowest BCUT2D eigenvalue weighted by Gasteiger charge is -2.34. The molecule has 0 saturated carbocycles. The van der Waals surface area contributed by atoms with E-state index in [1.807, 2.05) is 11.4 Å². The third kappa shape index (κ3) is 5.76. The smallest absolute Gasteiger partial charge is 0.258 e. The number of hydrogen-bond donors (Lipinski definition) is 2.